The smallest absolute Gasteiger partial charge is 0.255 e. The summed E-state index contributed by atoms with van der Waals surface area (Å²) in [6.45, 7) is 3.55. The highest BCUT2D eigenvalue weighted by Crippen LogP contribution is 2.18. The third-order valence-electron chi connectivity index (χ3n) is 4.56. The van der Waals surface area contributed by atoms with Crippen LogP contribution in [0.2, 0.25) is 0 Å². The molecule has 1 aliphatic heterocycles. The Hall–Kier alpha value is -2.44. The molecule has 2 aromatic carbocycles. The molecule has 0 aromatic heterocycles. The summed E-state index contributed by atoms with van der Waals surface area (Å²) in [6, 6.07) is 12.6. The van der Waals surface area contributed by atoms with Crippen molar-refractivity contribution in [2.45, 2.75) is 19.4 Å². The van der Waals surface area contributed by atoms with Crippen LogP contribution in [-0.2, 0) is 4.79 Å². The van der Waals surface area contributed by atoms with Gasteiger partial charge in [0.1, 0.15) is 5.82 Å². The maximum Gasteiger partial charge on any atom is 0.255 e. The average Bonchev–Trinajstić information content (AvgIpc) is 3.17. The molecule has 144 valence electrons. The normalized spacial score (nSPS) is 16.9. The van der Waals surface area contributed by atoms with E-state index in [2.05, 4.69) is 16.0 Å². The molecule has 0 saturated carbocycles. The molecule has 1 heterocycles. The Bertz CT molecular complexity index is 775. The minimum Gasteiger partial charge on any atom is -0.349 e. The highest BCUT2D eigenvalue weighted by Gasteiger charge is 2.23. The highest BCUT2D eigenvalue weighted by molar-refractivity contribution is 6.04. The van der Waals surface area contributed by atoms with Crippen LogP contribution in [0.5, 0.6) is 0 Å². The first-order chi connectivity index (χ1) is 12.5. The van der Waals surface area contributed by atoms with Gasteiger partial charge in [-0.3, -0.25) is 9.59 Å². The van der Waals surface area contributed by atoms with Gasteiger partial charge in [-0.15, -0.1) is 12.4 Å². The molecule has 1 aliphatic rings. The fourth-order valence-electron chi connectivity index (χ4n) is 2.95. The number of hydrogen-bond acceptors (Lipinski definition) is 3. The zero-order chi connectivity index (χ0) is 18.5. The Morgan fingerprint density at radius 3 is 2.37 bits per heavy atom. The molecule has 0 aliphatic carbocycles. The standard InChI is InChI=1S/C20H22FN3O2.ClH/c1-13(23-20(26)16-10-11-22-12-16)14-4-8-18(9-5-14)24-19(25)15-2-6-17(21)7-3-15;/h2-9,13,16,22H,10-12H2,1H3,(H,23,26)(H,24,25);1H. The van der Waals surface area contributed by atoms with Crippen LogP contribution in [0.3, 0.4) is 0 Å². The lowest BCUT2D eigenvalue weighted by Gasteiger charge is -2.17. The van der Waals surface area contributed by atoms with E-state index in [0.29, 0.717) is 11.3 Å². The Morgan fingerprint density at radius 1 is 1.11 bits per heavy atom. The molecule has 2 aromatic rings. The van der Waals surface area contributed by atoms with Gasteiger partial charge in [-0.25, -0.2) is 4.39 Å². The Morgan fingerprint density at radius 2 is 1.78 bits per heavy atom. The number of carbonyl (C=O) groups is 2. The van der Waals surface area contributed by atoms with Crippen LogP contribution in [0.25, 0.3) is 0 Å². The maximum absolute atomic E-state index is 12.9. The summed E-state index contributed by atoms with van der Waals surface area (Å²) >= 11 is 0. The van der Waals surface area contributed by atoms with Crippen molar-refractivity contribution >= 4 is 29.9 Å². The Kier molecular flexibility index (Phi) is 7.33. The van der Waals surface area contributed by atoms with Gasteiger partial charge >= 0.3 is 0 Å². The molecule has 1 saturated heterocycles. The third-order valence-corrected chi connectivity index (χ3v) is 4.56. The van der Waals surface area contributed by atoms with Crippen molar-refractivity contribution in [1.29, 1.82) is 0 Å². The van der Waals surface area contributed by atoms with Gasteiger partial charge in [0.05, 0.1) is 12.0 Å². The molecule has 5 nitrogen and oxygen atoms in total. The average molecular weight is 392 g/mol. The number of amides is 2. The number of halogens is 2. The molecule has 2 amide bonds. The molecule has 0 bridgehead atoms. The molecule has 3 N–H and O–H groups in total. The van der Waals surface area contributed by atoms with Gasteiger partial charge in [0.15, 0.2) is 0 Å². The van der Waals surface area contributed by atoms with Crippen molar-refractivity contribution in [2.24, 2.45) is 5.92 Å². The lowest BCUT2D eigenvalue weighted by Crippen LogP contribution is -2.33. The van der Waals surface area contributed by atoms with Crippen LogP contribution >= 0.6 is 12.4 Å². The van der Waals surface area contributed by atoms with Crippen molar-refractivity contribution in [3.8, 4) is 0 Å². The highest BCUT2D eigenvalue weighted by atomic mass is 35.5. The van der Waals surface area contributed by atoms with Crippen molar-refractivity contribution in [1.82, 2.24) is 10.6 Å². The van der Waals surface area contributed by atoms with E-state index in [-0.39, 0.29) is 42.0 Å². The molecular formula is C20H23ClFN3O2. The van der Waals surface area contributed by atoms with Crippen LogP contribution in [0.4, 0.5) is 10.1 Å². The fraction of sp³-hybridized carbons (Fsp3) is 0.300. The first-order valence-electron chi connectivity index (χ1n) is 8.71. The quantitative estimate of drug-likeness (QED) is 0.732. The molecule has 0 spiro atoms. The molecule has 2 unspecified atom stereocenters. The van der Waals surface area contributed by atoms with Crippen LogP contribution in [0.15, 0.2) is 48.5 Å². The zero-order valence-corrected chi connectivity index (χ0v) is 15.8. The van der Waals surface area contributed by atoms with E-state index in [1.54, 1.807) is 12.1 Å². The van der Waals surface area contributed by atoms with Gasteiger partial charge in [-0.1, -0.05) is 12.1 Å². The molecule has 2 atom stereocenters. The van der Waals surface area contributed by atoms with Crippen molar-refractivity contribution in [3.63, 3.8) is 0 Å². The Labute approximate surface area is 164 Å². The van der Waals surface area contributed by atoms with Gasteiger partial charge in [-0.2, -0.15) is 0 Å². The van der Waals surface area contributed by atoms with E-state index in [1.807, 2.05) is 19.1 Å². The third kappa shape index (κ3) is 5.52. The summed E-state index contributed by atoms with van der Waals surface area (Å²) in [5, 5.41) is 8.99. The van der Waals surface area contributed by atoms with Crippen LogP contribution in [0, 0.1) is 11.7 Å². The second-order valence-electron chi connectivity index (χ2n) is 6.50. The fourth-order valence-corrected chi connectivity index (χ4v) is 2.95. The van der Waals surface area contributed by atoms with Crippen LogP contribution in [0.1, 0.15) is 35.3 Å². The molecular weight excluding hydrogens is 369 g/mol. The van der Waals surface area contributed by atoms with E-state index in [1.165, 1.54) is 24.3 Å². The van der Waals surface area contributed by atoms with Crippen molar-refractivity contribution in [2.75, 3.05) is 18.4 Å². The largest absolute Gasteiger partial charge is 0.349 e. The first kappa shape index (κ1) is 20.9. The summed E-state index contributed by atoms with van der Waals surface area (Å²) < 4.78 is 12.9. The van der Waals surface area contributed by atoms with Crippen LogP contribution < -0.4 is 16.0 Å². The first-order valence-corrected chi connectivity index (χ1v) is 8.71. The van der Waals surface area contributed by atoms with E-state index >= 15 is 0 Å². The number of rotatable bonds is 5. The predicted octanol–water partition coefficient (Wildman–Crippen LogP) is 3.29. The zero-order valence-electron chi connectivity index (χ0n) is 15.0. The van der Waals surface area contributed by atoms with Gasteiger partial charge in [0.25, 0.3) is 5.91 Å². The van der Waals surface area contributed by atoms with Gasteiger partial charge in [-0.05, 0) is 61.9 Å². The number of anilines is 1. The number of hydrogen-bond donors (Lipinski definition) is 3. The van der Waals surface area contributed by atoms with E-state index < -0.39 is 0 Å². The number of nitrogens with one attached hydrogen (secondary N) is 3. The van der Waals surface area contributed by atoms with Crippen LogP contribution in [-0.4, -0.2) is 24.9 Å². The number of carbonyl (C=O) groups excluding carboxylic acids is 2. The van der Waals surface area contributed by atoms with E-state index in [9.17, 15) is 14.0 Å². The van der Waals surface area contributed by atoms with E-state index in [4.69, 9.17) is 0 Å². The lowest BCUT2D eigenvalue weighted by atomic mass is 10.0. The summed E-state index contributed by atoms with van der Waals surface area (Å²) in [5.41, 5.74) is 1.99. The summed E-state index contributed by atoms with van der Waals surface area (Å²) in [6.07, 6.45) is 0.868. The molecule has 7 heteroatoms. The SMILES string of the molecule is CC(NC(=O)C1CCNC1)c1ccc(NC(=O)c2ccc(F)cc2)cc1.Cl. The summed E-state index contributed by atoms with van der Waals surface area (Å²) in [7, 11) is 0. The van der Waals surface area contributed by atoms with Gasteiger partial charge in [0.2, 0.25) is 5.91 Å². The van der Waals surface area contributed by atoms with Crippen molar-refractivity contribution < 1.29 is 14.0 Å². The second-order valence-corrected chi connectivity index (χ2v) is 6.50. The number of benzene rings is 2. The monoisotopic (exact) mass is 391 g/mol. The van der Waals surface area contributed by atoms with Gasteiger partial charge in [0, 0.05) is 17.8 Å². The molecule has 27 heavy (non-hydrogen) atoms. The lowest BCUT2D eigenvalue weighted by molar-refractivity contribution is -0.125. The van der Waals surface area contributed by atoms with Crippen molar-refractivity contribution in [3.05, 3.63) is 65.5 Å². The molecule has 1 fully saturated rings. The predicted molar refractivity (Wildman–Crippen MR) is 106 cm³/mol. The Balaban J connectivity index is 0.00000261. The maximum atomic E-state index is 12.9. The summed E-state index contributed by atoms with van der Waals surface area (Å²) in [4.78, 5) is 24.3. The summed E-state index contributed by atoms with van der Waals surface area (Å²) in [5.74, 6) is -0.578. The van der Waals surface area contributed by atoms with Gasteiger partial charge < -0.3 is 16.0 Å². The second kappa shape index (κ2) is 9.48. The molecule has 0 radical (unpaired) electrons. The van der Waals surface area contributed by atoms with E-state index in [0.717, 1.165) is 25.1 Å². The minimum absolute atomic E-state index is 0. The minimum atomic E-state index is -0.379. The molecule has 3 rings (SSSR count). The topological polar surface area (TPSA) is 70.2 Å².